The molecule has 1 saturated carbocycles. The Morgan fingerprint density at radius 3 is 3.00 bits per heavy atom. The predicted molar refractivity (Wildman–Crippen MR) is 66.7 cm³/mol. The molecule has 0 heterocycles. The topological polar surface area (TPSA) is 45.0 Å². The number of rotatable bonds is 4. The van der Waals surface area contributed by atoms with E-state index in [1.165, 1.54) is 6.07 Å². The molecule has 1 aromatic carbocycles. The van der Waals surface area contributed by atoms with Crippen LogP contribution in [0.3, 0.4) is 0 Å². The van der Waals surface area contributed by atoms with E-state index in [9.17, 15) is 9.65 Å². The molecule has 0 aromatic heterocycles. The van der Waals surface area contributed by atoms with Crippen molar-refractivity contribution in [3.63, 3.8) is 0 Å². The molecule has 1 aliphatic carbocycles. The lowest BCUT2D eigenvalue weighted by molar-refractivity contribution is 0.192. The van der Waals surface area contributed by atoms with Gasteiger partial charge in [0, 0.05) is 6.42 Å². The Labute approximate surface area is 107 Å². The number of hydrogen-bond acceptors (Lipinski definition) is 3. The average molecular weight is 248 g/mol. The highest BCUT2D eigenvalue weighted by Gasteiger charge is 2.40. The zero-order valence-electron chi connectivity index (χ0n) is 10.4. The molecule has 3 nitrogen and oxygen atoms in total. The Hall–Kier alpha value is -1.60. The molecule has 2 unspecified atom stereocenters. The van der Waals surface area contributed by atoms with Crippen molar-refractivity contribution >= 4 is 0 Å². The molecular formula is C14H17FN2O. The molecule has 0 amide bonds. The molecule has 1 aromatic rings. The number of nitrogens with zero attached hydrogens (tertiary/aromatic N) is 1. The highest BCUT2D eigenvalue weighted by atomic mass is 19.1. The second-order valence-electron chi connectivity index (χ2n) is 4.64. The number of nitrogens with one attached hydrogen (secondary N) is 1. The SMILES string of the molecule is CCNC1(C#N)CCC(Oc2ccccc2F)C1. The first-order chi connectivity index (χ1) is 8.69. The van der Waals surface area contributed by atoms with Crippen LogP contribution in [0.1, 0.15) is 26.2 Å². The number of halogens is 1. The maximum Gasteiger partial charge on any atom is 0.165 e. The molecule has 0 aliphatic heterocycles. The molecule has 96 valence electrons. The molecule has 1 aliphatic rings. The summed E-state index contributed by atoms with van der Waals surface area (Å²) in [6.07, 6.45) is 2.03. The van der Waals surface area contributed by atoms with Gasteiger partial charge in [0.05, 0.1) is 6.07 Å². The number of para-hydroxylation sites is 1. The molecule has 4 heteroatoms. The summed E-state index contributed by atoms with van der Waals surface area (Å²) >= 11 is 0. The van der Waals surface area contributed by atoms with Gasteiger partial charge in [-0.15, -0.1) is 0 Å². The average Bonchev–Trinajstić information content (AvgIpc) is 2.77. The summed E-state index contributed by atoms with van der Waals surface area (Å²) in [5.41, 5.74) is -0.509. The van der Waals surface area contributed by atoms with Crippen molar-refractivity contribution in [2.45, 2.75) is 37.8 Å². The monoisotopic (exact) mass is 248 g/mol. The van der Waals surface area contributed by atoms with Crippen LogP contribution in [0.25, 0.3) is 0 Å². The Morgan fingerprint density at radius 2 is 2.33 bits per heavy atom. The summed E-state index contributed by atoms with van der Waals surface area (Å²) in [6.45, 7) is 2.73. The fraction of sp³-hybridized carbons (Fsp3) is 0.500. The molecule has 0 bridgehead atoms. The largest absolute Gasteiger partial charge is 0.487 e. The second kappa shape index (κ2) is 5.36. The molecular weight excluding hydrogens is 231 g/mol. The Morgan fingerprint density at radius 1 is 1.56 bits per heavy atom. The quantitative estimate of drug-likeness (QED) is 0.890. The van der Waals surface area contributed by atoms with Crippen LogP contribution in [0.15, 0.2) is 24.3 Å². The molecule has 0 radical (unpaired) electrons. The molecule has 0 spiro atoms. The van der Waals surface area contributed by atoms with Gasteiger partial charge in [-0.05, 0) is 31.5 Å². The Kier molecular flexibility index (Phi) is 3.83. The molecule has 18 heavy (non-hydrogen) atoms. The minimum Gasteiger partial charge on any atom is -0.487 e. The van der Waals surface area contributed by atoms with E-state index < -0.39 is 5.54 Å². The van der Waals surface area contributed by atoms with Crippen molar-refractivity contribution in [2.75, 3.05) is 6.54 Å². The normalized spacial score (nSPS) is 26.8. The first-order valence-electron chi connectivity index (χ1n) is 6.26. The smallest absolute Gasteiger partial charge is 0.165 e. The Bertz CT molecular complexity index is 457. The van der Waals surface area contributed by atoms with Crippen LogP contribution < -0.4 is 10.1 Å². The maximum absolute atomic E-state index is 13.5. The van der Waals surface area contributed by atoms with Crippen molar-refractivity contribution in [1.82, 2.24) is 5.32 Å². The molecule has 2 rings (SSSR count). The van der Waals surface area contributed by atoms with Gasteiger partial charge in [0.2, 0.25) is 0 Å². The minimum absolute atomic E-state index is 0.0967. The van der Waals surface area contributed by atoms with Gasteiger partial charge in [-0.25, -0.2) is 4.39 Å². The number of nitriles is 1. The van der Waals surface area contributed by atoms with Crippen molar-refractivity contribution < 1.29 is 9.13 Å². The van der Waals surface area contributed by atoms with E-state index in [2.05, 4.69) is 11.4 Å². The Balaban J connectivity index is 2.02. The van der Waals surface area contributed by atoms with Gasteiger partial charge in [0.25, 0.3) is 0 Å². The number of ether oxygens (including phenoxy) is 1. The summed E-state index contributed by atoms with van der Waals surface area (Å²) in [7, 11) is 0. The molecule has 0 saturated heterocycles. The van der Waals surface area contributed by atoms with Crippen LogP contribution in [0.5, 0.6) is 5.75 Å². The number of hydrogen-bond donors (Lipinski definition) is 1. The van der Waals surface area contributed by atoms with Crippen LogP contribution in [-0.4, -0.2) is 18.2 Å². The van der Waals surface area contributed by atoms with E-state index >= 15 is 0 Å². The first kappa shape index (κ1) is 12.8. The van der Waals surface area contributed by atoms with Crippen LogP contribution in [0, 0.1) is 17.1 Å². The van der Waals surface area contributed by atoms with E-state index in [0.29, 0.717) is 6.42 Å². The van der Waals surface area contributed by atoms with Gasteiger partial charge in [-0.1, -0.05) is 19.1 Å². The standard InChI is InChI=1S/C14H17FN2O/c1-2-17-14(10-16)8-7-11(9-14)18-13-6-4-3-5-12(13)15/h3-6,11,17H,2,7-9H2,1H3. The van der Waals surface area contributed by atoms with Crippen LogP contribution >= 0.6 is 0 Å². The lowest BCUT2D eigenvalue weighted by Gasteiger charge is -2.22. The zero-order valence-corrected chi connectivity index (χ0v) is 10.4. The third-order valence-electron chi connectivity index (χ3n) is 3.33. The van der Waals surface area contributed by atoms with E-state index in [4.69, 9.17) is 4.74 Å². The van der Waals surface area contributed by atoms with Gasteiger partial charge in [-0.3, -0.25) is 5.32 Å². The third kappa shape index (κ3) is 2.62. The van der Waals surface area contributed by atoms with Crippen LogP contribution in [0.2, 0.25) is 0 Å². The van der Waals surface area contributed by atoms with Crippen LogP contribution in [0.4, 0.5) is 4.39 Å². The van der Waals surface area contributed by atoms with Gasteiger partial charge >= 0.3 is 0 Å². The fourth-order valence-corrected chi connectivity index (χ4v) is 2.46. The van der Waals surface area contributed by atoms with Gasteiger partial charge in [0.15, 0.2) is 11.6 Å². The van der Waals surface area contributed by atoms with Crippen molar-refractivity contribution in [2.24, 2.45) is 0 Å². The molecule has 2 atom stereocenters. The highest BCUT2D eigenvalue weighted by Crippen LogP contribution is 2.32. The van der Waals surface area contributed by atoms with Gasteiger partial charge in [0.1, 0.15) is 11.6 Å². The van der Waals surface area contributed by atoms with E-state index in [1.54, 1.807) is 18.2 Å². The summed E-state index contributed by atoms with van der Waals surface area (Å²) in [6, 6.07) is 8.70. The van der Waals surface area contributed by atoms with Crippen molar-refractivity contribution in [3.05, 3.63) is 30.1 Å². The molecule has 1 fully saturated rings. The summed E-state index contributed by atoms with van der Waals surface area (Å²) in [4.78, 5) is 0. The zero-order chi connectivity index (χ0) is 13.0. The first-order valence-corrected chi connectivity index (χ1v) is 6.26. The second-order valence-corrected chi connectivity index (χ2v) is 4.64. The number of benzene rings is 1. The summed E-state index contributed by atoms with van der Waals surface area (Å²) in [5.74, 6) is -0.0804. The van der Waals surface area contributed by atoms with E-state index in [-0.39, 0.29) is 17.7 Å². The predicted octanol–water partition coefficient (Wildman–Crippen LogP) is 2.63. The highest BCUT2D eigenvalue weighted by molar-refractivity contribution is 5.24. The van der Waals surface area contributed by atoms with E-state index in [0.717, 1.165) is 19.4 Å². The maximum atomic E-state index is 13.5. The fourth-order valence-electron chi connectivity index (χ4n) is 2.46. The van der Waals surface area contributed by atoms with Crippen molar-refractivity contribution in [1.29, 1.82) is 5.26 Å². The minimum atomic E-state index is -0.509. The lowest BCUT2D eigenvalue weighted by Crippen LogP contribution is -2.42. The summed E-state index contributed by atoms with van der Waals surface area (Å²) in [5, 5.41) is 12.4. The van der Waals surface area contributed by atoms with Crippen molar-refractivity contribution in [3.8, 4) is 11.8 Å². The third-order valence-corrected chi connectivity index (χ3v) is 3.33. The van der Waals surface area contributed by atoms with Gasteiger partial charge in [-0.2, -0.15) is 5.26 Å². The lowest BCUT2D eigenvalue weighted by atomic mass is 10.00. The van der Waals surface area contributed by atoms with Crippen LogP contribution in [-0.2, 0) is 0 Å². The summed E-state index contributed by atoms with van der Waals surface area (Å²) < 4.78 is 19.1. The van der Waals surface area contributed by atoms with Gasteiger partial charge < -0.3 is 4.74 Å². The molecule has 1 N–H and O–H groups in total. The van der Waals surface area contributed by atoms with E-state index in [1.807, 2.05) is 6.92 Å².